The number of aromatic nitrogens is 2. The maximum absolute atomic E-state index is 11.4. The third-order valence-corrected chi connectivity index (χ3v) is 6.94. The molecule has 8 nitrogen and oxygen atoms in total. The number of thiophene rings is 2. The van der Waals surface area contributed by atoms with Crippen LogP contribution in [0.1, 0.15) is 9.75 Å². The van der Waals surface area contributed by atoms with E-state index in [0.717, 1.165) is 27.9 Å². The predicted molar refractivity (Wildman–Crippen MR) is 96.9 cm³/mol. The number of nitrogens with one attached hydrogen (secondary N) is 2. The van der Waals surface area contributed by atoms with Crippen LogP contribution in [-0.4, -0.2) is 22.3 Å². The Hall–Kier alpha value is -1.73. The summed E-state index contributed by atoms with van der Waals surface area (Å²) in [6, 6.07) is 4.07. The fourth-order valence-electron chi connectivity index (χ4n) is 1.89. The highest BCUT2D eigenvalue weighted by atomic mass is 32.2. The fraction of sp³-hybridized carbons (Fsp3) is 0.167. The molecular formula is C12H13N5O3S4. The molecule has 3 heterocycles. The van der Waals surface area contributed by atoms with Gasteiger partial charge < -0.3 is 15.7 Å². The summed E-state index contributed by atoms with van der Waals surface area (Å²) < 4.78 is 30.7. The summed E-state index contributed by atoms with van der Waals surface area (Å²) in [6.45, 7) is 2.63. The summed E-state index contributed by atoms with van der Waals surface area (Å²) in [5, 5.41) is 22.5. The maximum atomic E-state index is 11.4. The fourth-order valence-corrected chi connectivity index (χ4v) is 4.88. The van der Waals surface area contributed by atoms with E-state index < -0.39 is 15.8 Å². The van der Waals surface area contributed by atoms with Gasteiger partial charge in [0.1, 0.15) is 0 Å². The lowest BCUT2D eigenvalue weighted by molar-refractivity contribution is 0.466. The summed E-state index contributed by atoms with van der Waals surface area (Å²) in [5.74, 6) is 0.506. The molecule has 12 heteroatoms. The first-order chi connectivity index (χ1) is 11.3. The number of aromatic hydroxyl groups is 1. The molecule has 3 rings (SSSR count). The van der Waals surface area contributed by atoms with Crippen molar-refractivity contribution in [1.29, 1.82) is 0 Å². The Morgan fingerprint density at radius 3 is 2.67 bits per heavy atom. The van der Waals surface area contributed by atoms with Gasteiger partial charge in [0.15, 0.2) is 21.6 Å². The smallest absolute Gasteiger partial charge is 0.251 e. The molecule has 3 aromatic heterocycles. The quantitative estimate of drug-likeness (QED) is 0.498. The molecule has 24 heavy (non-hydrogen) atoms. The molecule has 0 aromatic carbocycles. The molecule has 0 aliphatic carbocycles. The van der Waals surface area contributed by atoms with Crippen LogP contribution in [0, 0.1) is 6.92 Å². The van der Waals surface area contributed by atoms with Crippen molar-refractivity contribution in [3.63, 3.8) is 0 Å². The first kappa shape index (κ1) is 17.1. The molecule has 0 unspecified atom stereocenters. The molecule has 0 fully saturated rings. The molecule has 0 atom stereocenters. The van der Waals surface area contributed by atoms with Gasteiger partial charge in [-0.25, -0.2) is 13.6 Å². The number of nitrogens with two attached hydrogens (primary N) is 1. The number of hydrogen-bond donors (Lipinski definition) is 4. The van der Waals surface area contributed by atoms with Gasteiger partial charge in [-0.1, -0.05) is 0 Å². The van der Waals surface area contributed by atoms with Crippen LogP contribution in [0.15, 0.2) is 21.7 Å². The van der Waals surface area contributed by atoms with Crippen molar-refractivity contribution in [3.8, 4) is 5.75 Å². The van der Waals surface area contributed by atoms with Gasteiger partial charge in [0, 0.05) is 15.1 Å². The SMILES string of the molecule is Cc1ccc(CNc2nsnc2Nc2csc(S(N)(=O)=O)c2O)s1. The van der Waals surface area contributed by atoms with Crippen molar-refractivity contribution in [2.45, 2.75) is 17.7 Å². The van der Waals surface area contributed by atoms with Crippen LogP contribution in [-0.2, 0) is 16.6 Å². The molecule has 128 valence electrons. The number of hydrogen-bond acceptors (Lipinski definition) is 10. The lowest BCUT2D eigenvalue weighted by Gasteiger charge is -2.06. The van der Waals surface area contributed by atoms with Gasteiger partial charge in [0.25, 0.3) is 10.0 Å². The molecule has 0 saturated carbocycles. The van der Waals surface area contributed by atoms with Gasteiger partial charge in [-0.3, -0.25) is 0 Å². The number of aryl methyl sites for hydroxylation is 1. The predicted octanol–water partition coefficient (Wildman–Crippen LogP) is 2.68. The first-order valence-corrected chi connectivity index (χ1v) is 10.5. The Labute approximate surface area is 150 Å². The van der Waals surface area contributed by atoms with E-state index in [2.05, 4.69) is 19.4 Å². The van der Waals surface area contributed by atoms with Gasteiger partial charge in [-0.15, -0.1) is 22.7 Å². The van der Waals surface area contributed by atoms with E-state index in [9.17, 15) is 13.5 Å². The van der Waals surface area contributed by atoms with E-state index in [4.69, 9.17) is 5.14 Å². The van der Waals surface area contributed by atoms with Crippen molar-refractivity contribution in [3.05, 3.63) is 27.3 Å². The summed E-state index contributed by atoms with van der Waals surface area (Å²) >= 11 is 3.52. The lowest BCUT2D eigenvalue weighted by Crippen LogP contribution is -2.10. The van der Waals surface area contributed by atoms with E-state index in [-0.39, 0.29) is 9.90 Å². The van der Waals surface area contributed by atoms with Gasteiger partial charge in [-0.05, 0) is 19.1 Å². The molecule has 3 aromatic rings. The largest absolute Gasteiger partial charge is 0.504 e. The standard InChI is InChI=1S/C12H13N5O3S4/c1-6-2-3-7(22-6)4-14-10-11(17-23-16-10)15-8-5-21-12(9(8)18)24(13,19)20/h2-3,5,18H,4H2,1H3,(H,14,16)(H,15,17)(H2,13,19,20). The second-order valence-corrected chi connectivity index (χ2v) is 9.32. The maximum Gasteiger partial charge on any atom is 0.251 e. The Morgan fingerprint density at radius 2 is 2.04 bits per heavy atom. The summed E-state index contributed by atoms with van der Waals surface area (Å²) in [6.07, 6.45) is 0. The summed E-state index contributed by atoms with van der Waals surface area (Å²) in [7, 11) is -3.96. The van der Waals surface area contributed by atoms with Crippen molar-refractivity contribution in [1.82, 2.24) is 8.75 Å². The minimum atomic E-state index is -3.96. The van der Waals surface area contributed by atoms with Crippen molar-refractivity contribution in [2.75, 3.05) is 10.6 Å². The van der Waals surface area contributed by atoms with Crippen LogP contribution >= 0.6 is 34.4 Å². The zero-order valence-corrected chi connectivity index (χ0v) is 15.6. The zero-order valence-electron chi connectivity index (χ0n) is 12.3. The van der Waals surface area contributed by atoms with Crippen LogP contribution in [0.25, 0.3) is 0 Å². The zero-order chi connectivity index (χ0) is 17.3. The third-order valence-electron chi connectivity index (χ3n) is 2.96. The Balaban J connectivity index is 1.75. The lowest BCUT2D eigenvalue weighted by atomic mass is 10.4. The molecular weight excluding hydrogens is 390 g/mol. The molecule has 0 spiro atoms. The molecule has 0 radical (unpaired) electrons. The minimum absolute atomic E-state index is 0.215. The molecule has 5 N–H and O–H groups in total. The van der Waals surface area contributed by atoms with Crippen molar-refractivity contribution < 1.29 is 13.5 Å². The second-order valence-electron chi connectivity index (χ2n) is 4.78. The highest BCUT2D eigenvalue weighted by Crippen LogP contribution is 2.39. The molecule has 0 saturated heterocycles. The van der Waals surface area contributed by atoms with E-state index in [1.165, 1.54) is 10.3 Å². The number of anilines is 3. The Bertz CT molecular complexity index is 959. The number of rotatable bonds is 6. The average Bonchev–Trinajstić information content (AvgIpc) is 3.19. The van der Waals surface area contributed by atoms with E-state index in [1.807, 2.05) is 19.1 Å². The topological polar surface area (TPSA) is 130 Å². The highest BCUT2D eigenvalue weighted by Gasteiger charge is 2.21. The van der Waals surface area contributed by atoms with E-state index >= 15 is 0 Å². The third kappa shape index (κ3) is 3.67. The first-order valence-electron chi connectivity index (χ1n) is 6.56. The van der Waals surface area contributed by atoms with Gasteiger partial charge in [0.05, 0.1) is 24.0 Å². The summed E-state index contributed by atoms with van der Waals surface area (Å²) in [4.78, 5) is 2.38. The van der Waals surface area contributed by atoms with Crippen LogP contribution in [0.5, 0.6) is 5.75 Å². The van der Waals surface area contributed by atoms with E-state index in [0.29, 0.717) is 18.2 Å². The second kappa shape index (κ2) is 6.64. The molecule has 0 aliphatic rings. The Kier molecular flexibility index (Phi) is 4.73. The monoisotopic (exact) mass is 403 g/mol. The highest BCUT2D eigenvalue weighted by molar-refractivity contribution is 7.91. The number of nitrogens with zero attached hydrogens (tertiary/aromatic N) is 2. The van der Waals surface area contributed by atoms with Crippen LogP contribution in [0.3, 0.4) is 0 Å². The average molecular weight is 404 g/mol. The van der Waals surface area contributed by atoms with E-state index in [1.54, 1.807) is 11.3 Å². The number of sulfonamides is 1. The summed E-state index contributed by atoms with van der Waals surface area (Å²) in [5.41, 5.74) is 0.215. The number of primary sulfonamides is 1. The van der Waals surface area contributed by atoms with Gasteiger partial charge >= 0.3 is 0 Å². The van der Waals surface area contributed by atoms with Crippen molar-refractivity contribution in [2.24, 2.45) is 5.14 Å². The van der Waals surface area contributed by atoms with Gasteiger partial charge in [-0.2, -0.15) is 8.75 Å². The molecule has 0 aliphatic heterocycles. The van der Waals surface area contributed by atoms with Crippen LogP contribution in [0.2, 0.25) is 0 Å². The van der Waals surface area contributed by atoms with Crippen LogP contribution < -0.4 is 15.8 Å². The van der Waals surface area contributed by atoms with Crippen molar-refractivity contribution >= 4 is 61.7 Å². The Morgan fingerprint density at radius 1 is 1.29 bits per heavy atom. The van der Waals surface area contributed by atoms with Gasteiger partial charge in [0.2, 0.25) is 0 Å². The van der Waals surface area contributed by atoms with Crippen LogP contribution in [0.4, 0.5) is 17.3 Å². The molecule has 0 bridgehead atoms. The minimum Gasteiger partial charge on any atom is -0.504 e. The molecule has 0 amide bonds. The normalized spacial score (nSPS) is 11.6.